The van der Waals surface area contributed by atoms with Crippen molar-refractivity contribution in [2.45, 2.75) is 26.2 Å². The highest BCUT2D eigenvalue weighted by Gasteiger charge is 2.37. The van der Waals surface area contributed by atoms with Gasteiger partial charge in [0.05, 0.1) is 0 Å². The average molecular weight is 173 g/mol. The van der Waals surface area contributed by atoms with Crippen molar-refractivity contribution in [3.63, 3.8) is 0 Å². The molecule has 1 fully saturated rings. The van der Waals surface area contributed by atoms with Crippen LogP contribution < -0.4 is 0 Å². The molecule has 0 radical (unpaired) electrons. The van der Waals surface area contributed by atoms with Gasteiger partial charge >= 0.3 is 0 Å². The van der Waals surface area contributed by atoms with Crippen molar-refractivity contribution in [2.75, 3.05) is 0 Å². The molecule has 0 aromatic heterocycles. The summed E-state index contributed by atoms with van der Waals surface area (Å²) in [6.45, 7) is 5.99. The lowest BCUT2D eigenvalue weighted by atomic mass is 9.68. The van der Waals surface area contributed by atoms with E-state index in [2.05, 4.69) is 13.5 Å². The first-order valence-electron chi connectivity index (χ1n) is 4.03. The highest BCUT2D eigenvalue weighted by molar-refractivity contribution is 6.64. The molecule has 1 aliphatic carbocycles. The predicted octanol–water partition coefficient (Wildman–Crippen LogP) is 2.74. The lowest BCUT2D eigenvalue weighted by Gasteiger charge is -2.36. The van der Waals surface area contributed by atoms with Gasteiger partial charge in [-0.05, 0) is 30.4 Å². The van der Waals surface area contributed by atoms with E-state index in [1.54, 1.807) is 0 Å². The van der Waals surface area contributed by atoms with Crippen LogP contribution in [0.5, 0.6) is 0 Å². The van der Waals surface area contributed by atoms with Gasteiger partial charge in [0.2, 0.25) is 5.24 Å². The van der Waals surface area contributed by atoms with Gasteiger partial charge in [-0.25, -0.2) is 0 Å². The molecule has 1 nitrogen and oxygen atoms in total. The van der Waals surface area contributed by atoms with E-state index in [4.69, 9.17) is 11.6 Å². The number of halogens is 1. The van der Waals surface area contributed by atoms with Crippen LogP contribution in [0.2, 0.25) is 0 Å². The molecule has 0 aliphatic heterocycles. The van der Waals surface area contributed by atoms with Gasteiger partial charge < -0.3 is 0 Å². The molecule has 2 heteroatoms. The van der Waals surface area contributed by atoms with E-state index in [0.717, 1.165) is 19.3 Å². The van der Waals surface area contributed by atoms with Crippen LogP contribution in [0.25, 0.3) is 0 Å². The summed E-state index contributed by atoms with van der Waals surface area (Å²) >= 11 is 5.40. The number of carbonyl (C=O) groups is 1. The Morgan fingerprint density at radius 3 is 2.82 bits per heavy atom. The molecule has 1 aliphatic rings. The van der Waals surface area contributed by atoms with Gasteiger partial charge in [-0.1, -0.05) is 25.5 Å². The highest BCUT2D eigenvalue weighted by atomic mass is 35.5. The summed E-state index contributed by atoms with van der Waals surface area (Å²) in [4.78, 5) is 10.8. The van der Waals surface area contributed by atoms with Gasteiger partial charge in [-0.15, -0.1) is 0 Å². The average Bonchev–Trinajstić information content (AvgIpc) is 1.95. The van der Waals surface area contributed by atoms with Crippen LogP contribution in [0, 0.1) is 11.8 Å². The SMILES string of the molecule is C=C1CC(C(=O)Cl)[C@@H]1CCC. The fourth-order valence-electron chi connectivity index (χ4n) is 1.65. The maximum absolute atomic E-state index is 10.8. The Labute approximate surface area is 72.4 Å². The van der Waals surface area contributed by atoms with E-state index < -0.39 is 0 Å². The molecule has 0 aromatic rings. The van der Waals surface area contributed by atoms with E-state index >= 15 is 0 Å². The fourth-order valence-corrected chi connectivity index (χ4v) is 1.88. The summed E-state index contributed by atoms with van der Waals surface area (Å²) in [5, 5.41) is -0.184. The summed E-state index contributed by atoms with van der Waals surface area (Å²) in [6.07, 6.45) is 2.97. The second-order valence-electron chi connectivity index (χ2n) is 3.17. The topological polar surface area (TPSA) is 17.1 Å². The number of allylic oxidation sites excluding steroid dienone is 1. The summed E-state index contributed by atoms with van der Waals surface area (Å²) in [5.41, 5.74) is 1.20. The molecule has 0 N–H and O–H groups in total. The lowest BCUT2D eigenvalue weighted by molar-refractivity contribution is -0.118. The Morgan fingerprint density at radius 2 is 2.45 bits per heavy atom. The van der Waals surface area contributed by atoms with E-state index in [1.165, 1.54) is 5.57 Å². The van der Waals surface area contributed by atoms with E-state index in [1.807, 2.05) is 0 Å². The smallest absolute Gasteiger partial charge is 0.225 e. The van der Waals surface area contributed by atoms with Gasteiger partial charge in [-0.2, -0.15) is 0 Å². The predicted molar refractivity (Wildman–Crippen MR) is 46.5 cm³/mol. The molecule has 0 spiro atoms. The largest absolute Gasteiger partial charge is 0.281 e. The molecule has 0 saturated heterocycles. The fraction of sp³-hybridized carbons (Fsp3) is 0.667. The minimum Gasteiger partial charge on any atom is -0.281 e. The lowest BCUT2D eigenvalue weighted by Crippen LogP contribution is -2.32. The van der Waals surface area contributed by atoms with Crippen molar-refractivity contribution in [2.24, 2.45) is 11.8 Å². The maximum Gasteiger partial charge on any atom is 0.225 e. The van der Waals surface area contributed by atoms with Gasteiger partial charge in [0.15, 0.2) is 0 Å². The minimum absolute atomic E-state index is 0.0733. The number of carbonyl (C=O) groups excluding carboxylic acids is 1. The molecule has 1 saturated carbocycles. The molecular weight excluding hydrogens is 160 g/mol. The van der Waals surface area contributed by atoms with Crippen LogP contribution in [-0.4, -0.2) is 5.24 Å². The zero-order chi connectivity index (χ0) is 8.43. The van der Waals surface area contributed by atoms with Crippen LogP contribution in [0.3, 0.4) is 0 Å². The summed E-state index contributed by atoms with van der Waals surface area (Å²) in [6, 6.07) is 0. The van der Waals surface area contributed by atoms with E-state index in [9.17, 15) is 4.79 Å². The second-order valence-corrected chi connectivity index (χ2v) is 3.54. The number of hydrogen-bond donors (Lipinski definition) is 0. The molecule has 1 unspecified atom stereocenters. The van der Waals surface area contributed by atoms with Crippen LogP contribution in [-0.2, 0) is 4.79 Å². The molecule has 1 rings (SSSR count). The van der Waals surface area contributed by atoms with Crippen molar-refractivity contribution in [3.8, 4) is 0 Å². The van der Waals surface area contributed by atoms with Crippen LogP contribution in [0.4, 0.5) is 0 Å². The van der Waals surface area contributed by atoms with Crippen molar-refractivity contribution in [3.05, 3.63) is 12.2 Å². The molecule has 0 aromatic carbocycles. The second kappa shape index (κ2) is 3.40. The third-order valence-corrected chi connectivity index (χ3v) is 2.66. The molecular formula is C9H13ClO. The van der Waals surface area contributed by atoms with Gasteiger partial charge in [-0.3, -0.25) is 4.79 Å². The zero-order valence-corrected chi connectivity index (χ0v) is 7.53. The van der Waals surface area contributed by atoms with Crippen molar-refractivity contribution < 1.29 is 4.79 Å². The van der Waals surface area contributed by atoms with E-state index in [-0.39, 0.29) is 11.2 Å². The molecule has 2 atom stereocenters. The van der Waals surface area contributed by atoms with Gasteiger partial charge in [0.25, 0.3) is 0 Å². The number of rotatable bonds is 3. The minimum atomic E-state index is -0.184. The molecule has 62 valence electrons. The first-order chi connectivity index (χ1) is 5.16. The summed E-state index contributed by atoms with van der Waals surface area (Å²) in [7, 11) is 0. The Bertz CT molecular complexity index is 186. The van der Waals surface area contributed by atoms with E-state index in [0.29, 0.717) is 5.92 Å². The Balaban J connectivity index is 2.47. The third kappa shape index (κ3) is 1.64. The molecule has 0 amide bonds. The molecule has 11 heavy (non-hydrogen) atoms. The Hall–Kier alpha value is -0.300. The normalized spacial score (nSPS) is 29.8. The monoisotopic (exact) mass is 172 g/mol. The zero-order valence-electron chi connectivity index (χ0n) is 6.77. The first-order valence-corrected chi connectivity index (χ1v) is 4.41. The maximum atomic E-state index is 10.8. The van der Waals surface area contributed by atoms with Crippen LogP contribution in [0.1, 0.15) is 26.2 Å². The van der Waals surface area contributed by atoms with Gasteiger partial charge in [0.1, 0.15) is 0 Å². The van der Waals surface area contributed by atoms with Crippen molar-refractivity contribution >= 4 is 16.8 Å². The third-order valence-electron chi connectivity index (χ3n) is 2.38. The van der Waals surface area contributed by atoms with Crippen molar-refractivity contribution in [1.82, 2.24) is 0 Å². The molecule has 0 heterocycles. The van der Waals surface area contributed by atoms with Crippen LogP contribution >= 0.6 is 11.6 Å². The number of hydrogen-bond acceptors (Lipinski definition) is 1. The van der Waals surface area contributed by atoms with Gasteiger partial charge in [0, 0.05) is 5.92 Å². The standard InChI is InChI=1S/C9H13ClO/c1-3-4-7-6(2)5-8(7)9(10)11/h7-8H,2-5H2,1H3/t7-,8?/m1/s1. The Kier molecular flexibility index (Phi) is 2.72. The highest BCUT2D eigenvalue weighted by Crippen LogP contribution is 2.42. The summed E-state index contributed by atoms with van der Waals surface area (Å²) < 4.78 is 0. The molecule has 0 bridgehead atoms. The Morgan fingerprint density at radius 1 is 1.82 bits per heavy atom. The van der Waals surface area contributed by atoms with Crippen molar-refractivity contribution in [1.29, 1.82) is 0 Å². The van der Waals surface area contributed by atoms with Crippen LogP contribution in [0.15, 0.2) is 12.2 Å². The summed E-state index contributed by atoms with van der Waals surface area (Å²) in [5.74, 6) is 0.453. The quantitative estimate of drug-likeness (QED) is 0.473. The first kappa shape index (κ1) is 8.79.